The van der Waals surface area contributed by atoms with E-state index in [1.807, 2.05) is 12.1 Å². The van der Waals surface area contributed by atoms with Crippen LogP contribution in [-0.2, 0) is 12.8 Å². The van der Waals surface area contributed by atoms with Gasteiger partial charge in [-0.15, -0.1) is 0 Å². The highest BCUT2D eigenvalue weighted by molar-refractivity contribution is 6.28. The molecule has 0 fully saturated rings. The van der Waals surface area contributed by atoms with E-state index in [2.05, 4.69) is 88.0 Å². The van der Waals surface area contributed by atoms with Crippen molar-refractivity contribution in [2.75, 3.05) is 10.6 Å². The molecule has 0 aliphatic carbocycles. The Labute approximate surface area is 178 Å². The van der Waals surface area contributed by atoms with Gasteiger partial charge in [-0.05, 0) is 62.3 Å². The summed E-state index contributed by atoms with van der Waals surface area (Å²) in [4.78, 5) is 12.9. The molecule has 0 aliphatic rings. The average Bonchev–Trinajstić information content (AvgIpc) is 2.72. The Morgan fingerprint density at radius 3 is 1.52 bits per heavy atom. The molecule has 0 saturated heterocycles. The van der Waals surface area contributed by atoms with Gasteiger partial charge in [0.15, 0.2) is 0 Å². The van der Waals surface area contributed by atoms with Crippen molar-refractivity contribution >= 4 is 23.5 Å². The molecular weight excluding hydrogens is 382 g/mol. The number of benzene rings is 2. The Hall–Kier alpha value is -2.66. The molecule has 5 nitrogen and oxygen atoms in total. The third-order valence-corrected chi connectivity index (χ3v) is 4.95. The number of nitrogens with zero attached hydrogens (tertiary/aromatic N) is 3. The minimum Gasteiger partial charge on any atom is -0.352 e. The first-order valence-electron chi connectivity index (χ1n) is 10.1. The summed E-state index contributed by atoms with van der Waals surface area (Å²) in [5.41, 5.74) is 2.65. The van der Waals surface area contributed by atoms with E-state index in [1.165, 1.54) is 11.1 Å². The van der Waals surface area contributed by atoms with Crippen molar-refractivity contribution in [1.29, 1.82) is 0 Å². The Balaban J connectivity index is 1.51. The first kappa shape index (κ1) is 21.1. The average molecular weight is 410 g/mol. The smallest absolute Gasteiger partial charge is 0.229 e. The summed E-state index contributed by atoms with van der Waals surface area (Å²) < 4.78 is 0. The maximum atomic E-state index is 6.12. The van der Waals surface area contributed by atoms with Gasteiger partial charge in [0.05, 0.1) is 0 Å². The molecule has 1 heterocycles. The molecule has 0 radical (unpaired) electrons. The maximum absolute atomic E-state index is 6.12. The lowest BCUT2D eigenvalue weighted by Gasteiger charge is -2.16. The van der Waals surface area contributed by atoms with E-state index in [1.54, 1.807) is 0 Å². The maximum Gasteiger partial charge on any atom is 0.229 e. The molecule has 6 heteroatoms. The molecule has 152 valence electrons. The summed E-state index contributed by atoms with van der Waals surface area (Å²) in [6, 6.07) is 21.3. The lowest BCUT2D eigenvalue weighted by Crippen LogP contribution is -2.21. The fourth-order valence-electron chi connectivity index (χ4n) is 3.12. The van der Waals surface area contributed by atoms with Gasteiger partial charge < -0.3 is 10.6 Å². The number of aryl methyl sites for hydroxylation is 2. The van der Waals surface area contributed by atoms with E-state index in [0.717, 1.165) is 25.7 Å². The molecule has 1 aromatic heterocycles. The van der Waals surface area contributed by atoms with Crippen LogP contribution < -0.4 is 10.6 Å². The van der Waals surface area contributed by atoms with Crippen LogP contribution in [0.3, 0.4) is 0 Å². The predicted octanol–water partition coefficient (Wildman–Crippen LogP) is 5.39. The minimum absolute atomic E-state index is 0.190. The van der Waals surface area contributed by atoms with Gasteiger partial charge in [-0.3, -0.25) is 0 Å². The van der Waals surface area contributed by atoms with Gasteiger partial charge in [-0.1, -0.05) is 60.7 Å². The molecule has 2 N–H and O–H groups in total. The fourth-order valence-corrected chi connectivity index (χ4v) is 3.28. The molecule has 0 bridgehead atoms. The number of rotatable bonds is 10. The molecule has 2 atom stereocenters. The summed E-state index contributed by atoms with van der Waals surface area (Å²) in [5, 5.41) is 6.87. The molecule has 3 aromatic rings. The van der Waals surface area contributed by atoms with E-state index in [0.29, 0.717) is 11.9 Å². The molecule has 0 aliphatic heterocycles. The number of halogens is 1. The summed E-state index contributed by atoms with van der Waals surface area (Å²) in [5.74, 6) is 1.01. The number of hydrogen-bond acceptors (Lipinski definition) is 5. The number of aromatic nitrogens is 3. The molecule has 3 rings (SSSR count). The molecule has 2 unspecified atom stereocenters. The highest BCUT2D eigenvalue weighted by Crippen LogP contribution is 2.15. The molecule has 0 amide bonds. The third-order valence-electron chi connectivity index (χ3n) is 4.78. The molecule has 0 saturated carbocycles. The summed E-state index contributed by atoms with van der Waals surface area (Å²) in [6.45, 7) is 4.24. The molecule has 29 heavy (non-hydrogen) atoms. The quantitative estimate of drug-likeness (QED) is 0.470. The highest BCUT2D eigenvalue weighted by Gasteiger charge is 2.11. The lowest BCUT2D eigenvalue weighted by molar-refractivity contribution is 0.689. The number of hydrogen-bond donors (Lipinski definition) is 2. The SMILES string of the molecule is CC(CCc1ccccc1)Nc1nc(Cl)nc(NC(C)CCc2ccccc2)n1. The van der Waals surface area contributed by atoms with E-state index >= 15 is 0 Å². The van der Waals surface area contributed by atoms with E-state index in [-0.39, 0.29) is 17.4 Å². The second-order valence-electron chi connectivity index (χ2n) is 7.39. The molecule has 2 aromatic carbocycles. The van der Waals surface area contributed by atoms with Gasteiger partial charge in [-0.2, -0.15) is 15.0 Å². The zero-order valence-corrected chi connectivity index (χ0v) is 17.7. The normalized spacial score (nSPS) is 12.9. The van der Waals surface area contributed by atoms with Crippen LogP contribution in [0.15, 0.2) is 60.7 Å². The van der Waals surface area contributed by atoms with Crippen molar-refractivity contribution in [3.63, 3.8) is 0 Å². The van der Waals surface area contributed by atoms with Crippen molar-refractivity contribution in [3.05, 3.63) is 77.1 Å². The van der Waals surface area contributed by atoms with Crippen LogP contribution >= 0.6 is 11.6 Å². The van der Waals surface area contributed by atoms with Crippen LogP contribution in [0.4, 0.5) is 11.9 Å². The van der Waals surface area contributed by atoms with Crippen LogP contribution in [-0.4, -0.2) is 27.0 Å². The monoisotopic (exact) mass is 409 g/mol. The third kappa shape index (κ3) is 7.35. The molecular formula is C23H28ClN5. The van der Waals surface area contributed by atoms with Crippen LogP contribution in [0, 0.1) is 0 Å². The zero-order chi connectivity index (χ0) is 20.5. The van der Waals surface area contributed by atoms with E-state index in [4.69, 9.17) is 11.6 Å². The number of anilines is 2. The summed E-state index contributed by atoms with van der Waals surface area (Å²) in [6.07, 6.45) is 3.94. The lowest BCUT2D eigenvalue weighted by atomic mass is 10.1. The summed E-state index contributed by atoms with van der Waals surface area (Å²) >= 11 is 6.12. The van der Waals surface area contributed by atoms with Crippen molar-refractivity contribution in [1.82, 2.24) is 15.0 Å². The van der Waals surface area contributed by atoms with Crippen molar-refractivity contribution in [2.45, 2.75) is 51.6 Å². The van der Waals surface area contributed by atoms with E-state index in [9.17, 15) is 0 Å². The summed E-state index contributed by atoms with van der Waals surface area (Å²) in [7, 11) is 0. The van der Waals surface area contributed by atoms with Gasteiger partial charge in [-0.25, -0.2) is 0 Å². The second kappa shape index (κ2) is 10.8. The topological polar surface area (TPSA) is 62.7 Å². The van der Waals surface area contributed by atoms with Crippen LogP contribution in [0.2, 0.25) is 5.28 Å². The first-order valence-corrected chi connectivity index (χ1v) is 10.5. The standard InChI is InChI=1S/C23H28ClN5/c1-17(13-15-19-9-5-3-6-10-19)25-22-27-21(24)28-23(29-22)26-18(2)14-16-20-11-7-4-8-12-20/h3-12,17-18H,13-16H2,1-2H3,(H2,25,26,27,28,29). The Morgan fingerprint density at radius 1 is 0.690 bits per heavy atom. The highest BCUT2D eigenvalue weighted by atomic mass is 35.5. The first-order chi connectivity index (χ1) is 14.1. The Kier molecular flexibility index (Phi) is 7.82. The van der Waals surface area contributed by atoms with Gasteiger partial charge in [0.1, 0.15) is 0 Å². The van der Waals surface area contributed by atoms with Gasteiger partial charge >= 0.3 is 0 Å². The van der Waals surface area contributed by atoms with Crippen LogP contribution in [0.1, 0.15) is 37.8 Å². The van der Waals surface area contributed by atoms with E-state index < -0.39 is 0 Å². The Morgan fingerprint density at radius 2 is 1.10 bits per heavy atom. The van der Waals surface area contributed by atoms with Crippen molar-refractivity contribution in [2.24, 2.45) is 0 Å². The van der Waals surface area contributed by atoms with Crippen LogP contribution in [0.5, 0.6) is 0 Å². The van der Waals surface area contributed by atoms with Gasteiger partial charge in [0, 0.05) is 12.1 Å². The van der Waals surface area contributed by atoms with Gasteiger partial charge in [0.25, 0.3) is 0 Å². The van der Waals surface area contributed by atoms with Gasteiger partial charge in [0.2, 0.25) is 17.2 Å². The molecule has 0 spiro atoms. The predicted molar refractivity (Wildman–Crippen MR) is 121 cm³/mol. The Bertz CT molecular complexity index is 803. The zero-order valence-electron chi connectivity index (χ0n) is 17.0. The minimum atomic E-state index is 0.190. The van der Waals surface area contributed by atoms with Crippen LogP contribution in [0.25, 0.3) is 0 Å². The fraction of sp³-hybridized carbons (Fsp3) is 0.348. The largest absolute Gasteiger partial charge is 0.352 e. The van der Waals surface area contributed by atoms with Crippen molar-refractivity contribution < 1.29 is 0 Å². The second-order valence-corrected chi connectivity index (χ2v) is 7.73. The number of nitrogens with one attached hydrogen (secondary N) is 2. The van der Waals surface area contributed by atoms with Crippen molar-refractivity contribution in [3.8, 4) is 0 Å².